The lowest BCUT2D eigenvalue weighted by molar-refractivity contribution is 0.412. The van der Waals surface area contributed by atoms with Crippen LogP contribution >= 0.6 is 11.6 Å². The van der Waals surface area contributed by atoms with Gasteiger partial charge in [0.25, 0.3) is 0 Å². The van der Waals surface area contributed by atoms with Gasteiger partial charge in [0, 0.05) is 28.8 Å². The Labute approximate surface area is 177 Å². The van der Waals surface area contributed by atoms with E-state index in [-0.39, 0.29) is 18.0 Å². The molecule has 0 spiro atoms. The molecule has 0 unspecified atom stereocenters. The Kier molecular flexibility index (Phi) is 5.70. The number of nitrogens with one attached hydrogen (secondary N) is 1. The molecule has 29 heavy (non-hydrogen) atoms. The maximum atomic E-state index is 10.5. The number of aryl methyl sites for hydroxylation is 2. The van der Waals surface area contributed by atoms with Crippen LogP contribution in [-0.2, 0) is 6.42 Å². The van der Waals surface area contributed by atoms with Gasteiger partial charge >= 0.3 is 0 Å². The van der Waals surface area contributed by atoms with Crippen molar-refractivity contribution in [3.63, 3.8) is 0 Å². The minimum Gasteiger partial charge on any atom is -0.508 e. The first-order chi connectivity index (χ1) is 14.0. The van der Waals surface area contributed by atoms with Crippen molar-refractivity contribution in [2.24, 2.45) is 4.99 Å². The zero-order chi connectivity index (χ0) is 20.4. The Morgan fingerprint density at radius 2 is 1.76 bits per heavy atom. The lowest BCUT2D eigenvalue weighted by Crippen LogP contribution is -2.33. The van der Waals surface area contributed by atoms with Crippen molar-refractivity contribution in [3.05, 3.63) is 99.6 Å². The quantitative estimate of drug-likeness (QED) is 0.548. The molecule has 0 saturated heterocycles. The highest BCUT2D eigenvalue weighted by molar-refractivity contribution is 6.30. The first-order valence-corrected chi connectivity index (χ1v) is 10.4. The summed E-state index contributed by atoms with van der Waals surface area (Å²) in [6.07, 6.45) is 1.51. The first-order valence-electron chi connectivity index (χ1n) is 10.0. The number of hydrogen-bond acceptors (Lipinski definition) is 3. The van der Waals surface area contributed by atoms with Gasteiger partial charge in [0.05, 0.1) is 0 Å². The highest BCUT2D eigenvalue weighted by Gasteiger charge is 2.27. The second-order valence-corrected chi connectivity index (χ2v) is 8.00. The predicted molar refractivity (Wildman–Crippen MR) is 120 cm³/mol. The van der Waals surface area contributed by atoms with Crippen LogP contribution in [0.1, 0.15) is 53.4 Å². The van der Waals surface area contributed by atoms with Crippen LogP contribution in [0.4, 0.5) is 0 Å². The topological polar surface area (TPSA) is 44.6 Å². The maximum absolute atomic E-state index is 10.5. The Balaban J connectivity index is 1.75. The van der Waals surface area contributed by atoms with Crippen molar-refractivity contribution >= 4 is 17.3 Å². The van der Waals surface area contributed by atoms with E-state index in [1.165, 1.54) is 11.1 Å². The fourth-order valence-corrected chi connectivity index (χ4v) is 3.92. The van der Waals surface area contributed by atoms with Crippen LogP contribution in [0.25, 0.3) is 0 Å². The Hall–Kier alpha value is -2.62. The number of aliphatic imine (C=N–C) groups is 1. The van der Waals surface area contributed by atoms with Gasteiger partial charge in [-0.15, -0.1) is 0 Å². The van der Waals surface area contributed by atoms with E-state index < -0.39 is 0 Å². The van der Waals surface area contributed by atoms with Crippen LogP contribution < -0.4 is 5.32 Å². The van der Waals surface area contributed by atoms with Crippen LogP contribution in [-0.4, -0.2) is 10.8 Å². The van der Waals surface area contributed by atoms with E-state index in [1.54, 1.807) is 12.1 Å². The number of hydrogen-bond donors (Lipinski definition) is 2. The molecule has 1 aliphatic rings. The fourth-order valence-electron chi connectivity index (χ4n) is 3.74. The average molecular weight is 405 g/mol. The first kappa shape index (κ1) is 19.7. The van der Waals surface area contributed by atoms with Crippen molar-refractivity contribution in [2.75, 3.05) is 0 Å². The zero-order valence-electron chi connectivity index (χ0n) is 16.7. The summed E-state index contributed by atoms with van der Waals surface area (Å²) in [6, 6.07) is 22.1. The number of rotatable bonds is 4. The number of halogens is 1. The van der Waals surface area contributed by atoms with E-state index in [2.05, 4.69) is 67.7 Å². The molecule has 0 amide bonds. The van der Waals surface area contributed by atoms with Gasteiger partial charge < -0.3 is 5.11 Å². The van der Waals surface area contributed by atoms with Gasteiger partial charge in [0.2, 0.25) is 0 Å². The molecule has 3 nitrogen and oxygen atoms in total. The molecule has 0 aliphatic carbocycles. The Bertz CT molecular complexity index is 1030. The molecule has 148 valence electrons. The summed E-state index contributed by atoms with van der Waals surface area (Å²) < 4.78 is 0. The summed E-state index contributed by atoms with van der Waals surface area (Å²) in [5.74, 6) is 0.247. The van der Waals surface area contributed by atoms with Crippen molar-refractivity contribution in [2.45, 2.75) is 38.9 Å². The monoisotopic (exact) mass is 404 g/mol. The minimum absolute atomic E-state index is 0.0849. The third-order valence-electron chi connectivity index (χ3n) is 5.49. The molecule has 3 aromatic rings. The third kappa shape index (κ3) is 4.36. The third-order valence-corrected chi connectivity index (χ3v) is 5.73. The van der Waals surface area contributed by atoms with Gasteiger partial charge in [0.15, 0.2) is 0 Å². The molecule has 1 aliphatic heterocycles. The summed E-state index contributed by atoms with van der Waals surface area (Å²) in [5, 5.41) is 14.7. The molecular weight excluding hydrogens is 380 g/mol. The van der Waals surface area contributed by atoms with Crippen molar-refractivity contribution in [3.8, 4) is 5.75 Å². The number of aromatic hydroxyl groups is 1. The average Bonchev–Trinajstić information content (AvgIpc) is 2.75. The standard InChI is InChI=1S/C25H25ClN2O/c1-3-17-6-10-18(11-7-17)22-15-23(21-14-20(26)12-13-24(21)29)28-25(27-22)19-8-4-16(2)5-9-19/h4-14,23,25,28-29H,3,15H2,1-2H3/t23-,25+/m0/s1. The minimum atomic E-state index is -0.186. The van der Waals surface area contributed by atoms with Crippen LogP contribution in [0.2, 0.25) is 5.02 Å². The molecule has 4 heteroatoms. The molecule has 0 aromatic heterocycles. The Morgan fingerprint density at radius 1 is 1.03 bits per heavy atom. The van der Waals surface area contributed by atoms with Crippen LogP contribution in [0.3, 0.4) is 0 Å². The summed E-state index contributed by atoms with van der Waals surface area (Å²) >= 11 is 6.22. The lowest BCUT2D eigenvalue weighted by Gasteiger charge is -2.31. The van der Waals surface area contributed by atoms with Crippen molar-refractivity contribution in [1.82, 2.24) is 5.32 Å². The van der Waals surface area contributed by atoms with E-state index in [0.29, 0.717) is 11.4 Å². The maximum Gasteiger partial charge on any atom is 0.126 e. The number of nitrogens with zero attached hydrogens (tertiary/aromatic N) is 1. The molecule has 0 radical (unpaired) electrons. The van der Waals surface area contributed by atoms with Gasteiger partial charge in [0.1, 0.15) is 11.9 Å². The van der Waals surface area contributed by atoms with E-state index in [0.717, 1.165) is 28.8 Å². The van der Waals surface area contributed by atoms with Gasteiger partial charge in [-0.2, -0.15) is 0 Å². The highest BCUT2D eigenvalue weighted by atomic mass is 35.5. The molecular formula is C25H25ClN2O. The zero-order valence-corrected chi connectivity index (χ0v) is 17.4. The summed E-state index contributed by atoms with van der Waals surface area (Å²) in [6.45, 7) is 4.23. The number of phenols is 1. The van der Waals surface area contributed by atoms with Gasteiger partial charge in [-0.3, -0.25) is 10.3 Å². The van der Waals surface area contributed by atoms with Gasteiger partial charge in [-0.1, -0.05) is 72.6 Å². The second-order valence-electron chi connectivity index (χ2n) is 7.57. The smallest absolute Gasteiger partial charge is 0.126 e. The Morgan fingerprint density at radius 3 is 2.45 bits per heavy atom. The molecule has 0 saturated carbocycles. The molecule has 3 aromatic carbocycles. The summed E-state index contributed by atoms with van der Waals surface area (Å²) in [7, 11) is 0. The van der Waals surface area contributed by atoms with Crippen molar-refractivity contribution < 1.29 is 5.11 Å². The van der Waals surface area contributed by atoms with Crippen LogP contribution in [0.5, 0.6) is 5.75 Å². The normalized spacial score (nSPS) is 19.1. The van der Waals surface area contributed by atoms with E-state index >= 15 is 0 Å². The molecule has 2 atom stereocenters. The number of benzene rings is 3. The SMILES string of the molecule is CCc1ccc(C2=N[C@@H](c3ccc(C)cc3)N[C@H](c3cc(Cl)ccc3O)C2)cc1. The van der Waals surface area contributed by atoms with Gasteiger partial charge in [-0.05, 0) is 48.2 Å². The highest BCUT2D eigenvalue weighted by Crippen LogP contribution is 2.35. The predicted octanol–water partition coefficient (Wildman–Crippen LogP) is 6.14. The molecule has 1 heterocycles. The molecule has 2 N–H and O–H groups in total. The van der Waals surface area contributed by atoms with E-state index in [9.17, 15) is 5.11 Å². The summed E-state index contributed by atoms with van der Waals surface area (Å²) in [5.41, 5.74) is 6.57. The molecule has 0 fully saturated rings. The van der Waals surface area contributed by atoms with Crippen molar-refractivity contribution in [1.29, 1.82) is 0 Å². The second kappa shape index (κ2) is 8.40. The largest absolute Gasteiger partial charge is 0.508 e. The van der Waals surface area contributed by atoms with E-state index in [4.69, 9.17) is 16.6 Å². The van der Waals surface area contributed by atoms with Crippen LogP contribution in [0.15, 0.2) is 71.7 Å². The molecule has 0 bridgehead atoms. The van der Waals surface area contributed by atoms with Crippen LogP contribution in [0, 0.1) is 6.92 Å². The molecule has 4 rings (SSSR count). The summed E-state index contributed by atoms with van der Waals surface area (Å²) in [4.78, 5) is 5.03. The van der Waals surface area contributed by atoms with Gasteiger partial charge in [-0.25, -0.2) is 0 Å². The van der Waals surface area contributed by atoms with E-state index in [1.807, 2.05) is 6.07 Å². The lowest BCUT2D eigenvalue weighted by atomic mass is 9.93. The number of phenolic OH excluding ortho intramolecular Hbond substituents is 1. The fraction of sp³-hybridized carbons (Fsp3) is 0.240.